The number of carbonyl (C=O) groups is 2. The van der Waals surface area contributed by atoms with Crippen molar-refractivity contribution in [3.63, 3.8) is 0 Å². The second-order valence-electron chi connectivity index (χ2n) is 6.29. The topological polar surface area (TPSA) is 59.1 Å². The van der Waals surface area contributed by atoms with Crippen molar-refractivity contribution in [2.45, 2.75) is 13.8 Å². The number of fused-ring (bicyclic) bond motifs is 1. The summed E-state index contributed by atoms with van der Waals surface area (Å²) >= 11 is 0. The van der Waals surface area contributed by atoms with Gasteiger partial charge in [0.15, 0.2) is 0 Å². The van der Waals surface area contributed by atoms with E-state index in [1.165, 1.54) is 12.0 Å². The first-order chi connectivity index (χ1) is 13.5. The molecule has 1 heterocycles. The van der Waals surface area contributed by atoms with Crippen LogP contribution in [-0.2, 0) is 4.79 Å². The monoisotopic (exact) mass is 380 g/mol. The predicted octanol–water partition coefficient (Wildman–Crippen LogP) is 3.57. The van der Waals surface area contributed by atoms with Gasteiger partial charge in [-0.25, -0.2) is 4.90 Å². The molecule has 6 heteroatoms. The Labute approximate surface area is 165 Å². The fraction of sp³-hybridized carbons (Fsp3) is 0.273. The first-order valence-electron chi connectivity index (χ1n) is 9.21. The van der Waals surface area contributed by atoms with E-state index in [1.54, 1.807) is 37.4 Å². The van der Waals surface area contributed by atoms with E-state index >= 15 is 0 Å². The molecule has 146 valence electrons. The molecule has 0 aromatic heterocycles. The molecule has 0 fully saturated rings. The van der Waals surface area contributed by atoms with Gasteiger partial charge in [-0.2, -0.15) is 0 Å². The minimum Gasteiger partial charge on any atom is -0.497 e. The molecule has 0 N–H and O–H groups in total. The molecular formula is C22H24N2O4. The van der Waals surface area contributed by atoms with E-state index in [9.17, 15) is 9.59 Å². The highest BCUT2D eigenvalue weighted by molar-refractivity contribution is 6.41. The smallest absolute Gasteiger partial charge is 0.267 e. The molecule has 0 atom stereocenters. The first kappa shape index (κ1) is 19.5. The highest BCUT2D eigenvalue weighted by Crippen LogP contribution is 2.38. The Hall–Kier alpha value is -3.28. The van der Waals surface area contributed by atoms with Gasteiger partial charge in [-0.15, -0.1) is 0 Å². The molecule has 1 aliphatic rings. The molecule has 3 rings (SSSR count). The van der Waals surface area contributed by atoms with Crippen LogP contribution in [0.2, 0.25) is 0 Å². The van der Waals surface area contributed by atoms with Crippen LogP contribution in [0.25, 0.3) is 5.57 Å². The molecule has 2 amide bonds. The fourth-order valence-corrected chi connectivity index (χ4v) is 3.25. The highest BCUT2D eigenvalue weighted by Gasteiger charge is 2.37. The molecule has 0 bridgehead atoms. The SMILES string of the molecule is CCN(C=C1C(=O)N(c2ccc(OC)cc2OC)C(=O)c2ccccc21)CC. The van der Waals surface area contributed by atoms with Gasteiger partial charge in [0, 0.05) is 36.5 Å². The number of rotatable bonds is 6. The molecule has 0 aliphatic carbocycles. The molecule has 6 nitrogen and oxygen atoms in total. The molecule has 28 heavy (non-hydrogen) atoms. The number of ether oxygens (including phenoxy) is 2. The van der Waals surface area contributed by atoms with Crippen LogP contribution in [0.15, 0.2) is 48.7 Å². The van der Waals surface area contributed by atoms with Crippen molar-refractivity contribution in [1.82, 2.24) is 4.90 Å². The lowest BCUT2D eigenvalue weighted by molar-refractivity contribution is -0.112. The summed E-state index contributed by atoms with van der Waals surface area (Å²) in [5.41, 5.74) is 2.00. The molecule has 2 aromatic carbocycles. The maximum Gasteiger partial charge on any atom is 0.267 e. The Morgan fingerprint density at radius 3 is 2.21 bits per heavy atom. The van der Waals surface area contributed by atoms with Crippen LogP contribution in [0.3, 0.4) is 0 Å². The number of hydrogen-bond donors (Lipinski definition) is 0. The molecule has 2 aromatic rings. The molecule has 0 spiro atoms. The zero-order chi connectivity index (χ0) is 20.3. The number of nitrogens with zero attached hydrogens (tertiary/aromatic N) is 2. The largest absolute Gasteiger partial charge is 0.497 e. The molecule has 0 saturated heterocycles. The number of imide groups is 1. The van der Waals surface area contributed by atoms with Crippen molar-refractivity contribution >= 4 is 23.1 Å². The minimum absolute atomic E-state index is 0.374. The number of hydrogen-bond acceptors (Lipinski definition) is 5. The van der Waals surface area contributed by atoms with Crippen LogP contribution < -0.4 is 14.4 Å². The molecule has 0 unspecified atom stereocenters. The highest BCUT2D eigenvalue weighted by atomic mass is 16.5. The number of anilines is 1. The summed E-state index contributed by atoms with van der Waals surface area (Å²) in [5, 5.41) is 0. The number of carbonyl (C=O) groups excluding carboxylic acids is 2. The van der Waals surface area contributed by atoms with E-state index in [0.29, 0.717) is 33.9 Å². The van der Waals surface area contributed by atoms with Gasteiger partial charge in [-0.3, -0.25) is 9.59 Å². The lowest BCUT2D eigenvalue weighted by atomic mass is 9.93. The van der Waals surface area contributed by atoms with Crippen LogP contribution in [0.1, 0.15) is 29.8 Å². The number of methoxy groups -OCH3 is 2. The van der Waals surface area contributed by atoms with Gasteiger partial charge >= 0.3 is 0 Å². The third-order valence-corrected chi connectivity index (χ3v) is 4.84. The Kier molecular flexibility index (Phi) is 5.68. The van der Waals surface area contributed by atoms with Crippen molar-refractivity contribution in [2.75, 3.05) is 32.2 Å². The van der Waals surface area contributed by atoms with E-state index < -0.39 is 0 Å². The maximum atomic E-state index is 13.4. The van der Waals surface area contributed by atoms with E-state index in [-0.39, 0.29) is 11.8 Å². The normalized spacial score (nSPS) is 14.9. The summed E-state index contributed by atoms with van der Waals surface area (Å²) in [6, 6.07) is 12.2. The second-order valence-corrected chi connectivity index (χ2v) is 6.29. The van der Waals surface area contributed by atoms with E-state index in [0.717, 1.165) is 13.1 Å². The van der Waals surface area contributed by atoms with Gasteiger partial charge in [-0.1, -0.05) is 18.2 Å². The molecule has 0 radical (unpaired) electrons. The number of amides is 2. The summed E-state index contributed by atoms with van der Waals surface area (Å²) < 4.78 is 10.7. The summed E-state index contributed by atoms with van der Waals surface area (Å²) in [7, 11) is 3.05. The van der Waals surface area contributed by atoms with Crippen molar-refractivity contribution in [2.24, 2.45) is 0 Å². The average molecular weight is 380 g/mol. The van der Waals surface area contributed by atoms with Gasteiger partial charge < -0.3 is 14.4 Å². The summed E-state index contributed by atoms with van der Waals surface area (Å²) in [6.07, 6.45) is 1.83. The van der Waals surface area contributed by atoms with Gasteiger partial charge in [0.1, 0.15) is 11.5 Å². The Morgan fingerprint density at radius 1 is 0.929 bits per heavy atom. The third kappa shape index (κ3) is 3.33. The van der Waals surface area contributed by atoms with Gasteiger partial charge in [-0.05, 0) is 32.0 Å². The summed E-state index contributed by atoms with van der Waals surface area (Å²) in [6.45, 7) is 5.56. The molecule has 0 saturated carbocycles. The van der Waals surface area contributed by atoms with E-state index in [2.05, 4.69) is 0 Å². The third-order valence-electron chi connectivity index (χ3n) is 4.84. The van der Waals surface area contributed by atoms with Crippen LogP contribution in [0.4, 0.5) is 5.69 Å². The minimum atomic E-state index is -0.376. The molecule has 1 aliphatic heterocycles. The second kappa shape index (κ2) is 8.17. The van der Waals surface area contributed by atoms with Crippen LogP contribution in [0.5, 0.6) is 11.5 Å². The van der Waals surface area contributed by atoms with Crippen LogP contribution in [0, 0.1) is 0 Å². The predicted molar refractivity (Wildman–Crippen MR) is 109 cm³/mol. The standard InChI is InChI=1S/C22H24N2O4/c1-5-23(6-2)14-18-16-9-7-8-10-17(16)21(25)24(22(18)26)19-12-11-15(27-3)13-20(19)28-4/h7-14H,5-6H2,1-4H3. The number of benzene rings is 2. The Bertz CT molecular complexity index is 932. The van der Waals surface area contributed by atoms with Crippen molar-refractivity contribution in [3.05, 3.63) is 59.8 Å². The average Bonchev–Trinajstić information content (AvgIpc) is 2.74. The summed E-state index contributed by atoms with van der Waals surface area (Å²) in [4.78, 5) is 29.8. The fourth-order valence-electron chi connectivity index (χ4n) is 3.25. The zero-order valence-electron chi connectivity index (χ0n) is 16.6. The molecular weight excluding hydrogens is 356 g/mol. The van der Waals surface area contributed by atoms with Crippen molar-refractivity contribution < 1.29 is 19.1 Å². The summed E-state index contributed by atoms with van der Waals surface area (Å²) in [5.74, 6) is 0.222. The van der Waals surface area contributed by atoms with E-state index in [4.69, 9.17) is 9.47 Å². The van der Waals surface area contributed by atoms with Crippen molar-refractivity contribution in [3.8, 4) is 11.5 Å². The van der Waals surface area contributed by atoms with Gasteiger partial charge in [0.05, 0.1) is 25.5 Å². The van der Waals surface area contributed by atoms with Gasteiger partial charge in [0.2, 0.25) is 0 Å². The van der Waals surface area contributed by atoms with Crippen molar-refractivity contribution in [1.29, 1.82) is 0 Å². The zero-order valence-corrected chi connectivity index (χ0v) is 16.6. The van der Waals surface area contributed by atoms with E-state index in [1.807, 2.05) is 37.1 Å². The Balaban J connectivity index is 2.19. The lowest BCUT2D eigenvalue weighted by Crippen LogP contribution is -2.42. The lowest BCUT2D eigenvalue weighted by Gasteiger charge is -2.30. The van der Waals surface area contributed by atoms with Crippen LogP contribution in [-0.4, -0.2) is 44.0 Å². The van der Waals surface area contributed by atoms with Gasteiger partial charge in [0.25, 0.3) is 11.8 Å². The Morgan fingerprint density at radius 2 is 1.61 bits per heavy atom. The maximum absolute atomic E-state index is 13.4. The first-order valence-corrected chi connectivity index (χ1v) is 9.21. The quantitative estimate of drug-likeness (QED) is 0.566. The van der Waals surface area contributed by atoms with Crippen LogP contribution >= 0.6 is 0 Å².